The van der Waals surface area contributed by atoms with Crippen LogP contribution in [0.25, 0.3) is 0 Å². The van der Waals surface area contributed by atoms with Crippen LogP contribution in [-0.2, 0) is 10.5 Å². The van der Waals surface area contributed by atoms with Crippen molar-refractivity contribution in [3.8, 4) is 0 Å². The number of nitrogens with zero attached hydrogens (tertiary/aromatic N) is 1. The molecule has 0 bridgehead atoms. The van der Waals surface area contributed by atoms with E-state index in [-0.39, 0.29) is 0 Å². The van der Waals surface area contributed by atoms with Gasteiger partial charge in [0.25, 0.3) is 0 Å². The van der Waals surface area contributed by atoms with Crippen LogP contribution in [0.2, 0.25) is 0 Å². The molecule has 0 saturated heterocycles. The molecule has 3 nitrogen and oxygen atoms in total. The third-order valence-electron chi connectivity index (χ3n) is 1.35. The highest BCUT2D eigenvalue weighted by Gasteiger charge is 2.25. The van der Waals surface area contributed by atoms with Gasteiger partial charge in [0, 0.05) is 0 Å². The van der Waals surface area contributed by atoms with E-state index in [0.29, 0.717) is 0 Å². The van der Waals surface area contributed by atoms with Gasteiger partial charge in [0.2, 0.25) is 5.82 Å². The second-order valence-corrected chi connectivity index (χ2v) is 2.84. The Kier molecular flexibility index (Phi) is 3.03. The molecule has 0 N–H and O–H groups in total. The SMILES string of the molecule is O=S(=O)=Nc1c(F)c(F)c(F)c(F)c1F. The Balaban J connectivity index is 3.75. The average Bonchev–Trinajstić information content (AvgIpc) is 2.18. The highest BCUT2D eigenvalue weighted by Crippen LogP contribution is 2.28. The van der Waals surface area contributed by atoms with Crippen LogP contribution < -0.4 is 0 Å². The number of rotatable bonds is 1. The Hall–Kier alpha value is -1.51. The van der Waals surface area contributed by atoms with Gasteiger partial charge < -0.3 is 0 Å². The normalized spacial score (nSPS) is 10.2. The van der Waals surface area contributed by atoms with Crippen LogP contribution in [0.15, 0.2) is 4.36 Å². The molecule has 0 aliphatic heterocycles. The third-order valence-corrected chi connectivity index (χ3v) is 1.68. The molecule has 0 unspecified atom stereocenters. The van der Waals surface area contributed by atoms with Crippen molar-refractivity contribution >= 4 is 16.2 Å². The molecule has 0 spiro atoms. The summed E-state index contributed by atoms with van der Waals surface area (Å²) in [6.45, 7) is 0. The van der Waals surface area contributed by atoms with E-state index in [9.17, 15) is 30.4 Å². The average molecular weight is 245 g/mol. The van der Waals surface area contributed by atoms with Gasteiger partial charge in [0.05, 0.1) is 0 Å². The number of hydrogen-bond donors (Lipinski definition) is 0. The Morgan fingerprint density at radius 2 is 1.07 bits per heavy atom. The summed E-state index contributed by atoms with van der Waals surface area (Å²) in [6, 6.07) is 0. The maximum Gasteiger partial charge on any atom is 0.316 e. The quantitative estimate of drug-likeness (QED) is 0.432. The fourth-order valence-electron chi connectivity index (χ4n) is 0.748. The number of halogens is 5. The van der Waals surface area contributed by atoms with Crippen molar-refractivity contribution < 1.29 is 30.4 Å². The highest BCUT2D eigenvalue weighted by atomic mass is 32.2. The van der Waals surface area contributed by atoms with Crippen LogP contribution in [0, 0.1) is 29.1 Å². The lowest BCUT2D eigenvalue weighted by Gasteiger charge is -2.01. The largest absolute Gasteiger partial charge is 0.316 e. The zero-order valence-electron chi connectivity index (χ0n) is 6.56. The number of hydrogen-bond acceptors (Lipinski definition) is 3. The zero-order valence-corrected chi connectivity index (χ0v) is 7.38. The molecule has 9 heteroatoms. The summed E-state index contributed by atoms with van der Waals surface area (Å²) in [6.07, 6.45) is 0. The van der Waals surface area contributed by atoms with E-state index in [1.165, 1.54) is 0 Å². The predicted molar refractivity (Wildman–Crippen MR) is 37.2 cm³/mol. The van der Waals surface area contributed by atoms with Gasteiger partial charge in [0.1, 0.15) is 0 Å². The van der Waals surface area contributed by atoms with Gasteiger partial charge in [-0.15, -0.1) is 4.36 Å². The van der Waals surface area contributed by atoms with Gasteiger partial charge >= 0.3 is 10.5 Å². The van der Waals surface area contributed by atoms with Crippen LogP contribution in [0.3, 0.4) is 0 Å². The smallest absolute Gasteiger partial charge is 0.201 e. The lowest BCUT2D eigenvalue weighted by molar-refractivity contribution is 0.381. The van der Waals surface area contributed by atoms with Crippen molar-refractivity contribution in [3.05, 3.63) is 29.1 Å². The molecule has 1 aromatic carbocycles. The first-order valence-corrected chi connectivity index (χ1v) is 4.22. The third kappa shape index (κ3) is 1.96. The van der Waals surface area contributed by atoms with Crippen LogP contribution in [0.4, 0.5) is 27.6 Å². The van der Waals surface area contributed by atoms with Crippen molar-refractivity contribution in [3.63, 3.8) is 0 Å². The van der Waals surface area contributed by atoms with Gasteiger partial charge in [-0.3, -0.25) is 0 Å². The van der Waals surface area contributed by atoms with Gasteiger partial charge in [-0.05, 0) is 0 Å². The zero-order chi connectivity index (χ0) is 11.7. The molecule has 0 heterocycles. The van der Waals surface area contributed by atoms with E-state index in [4.69, 9.17) is 0 Å². The number of benzene rings is 1. The van der Waals surface area contributed by atoms with Crippen molar-refractivity contribution in [2.75, 3.05) is 0 Å². The molecular formula is C6F5NO2S. The summed E-state index contributed by atoms with van der Waals surface area (Å²) < 4.78 is 84.7. The molecule has 1 aromatic rings. The summed E-state index contributed by atoms with van der Waals surface area (Å²) in [7, 11) is -3.32. The molecule has 0 fully saturated rings. The first-order valence-electron chi connectivity index (χ1n) is 3.18. The standard InChI is InChI=1S/C6F5NO2S/c7-1-2(8)4(10)6(12-15(13)14)5(11)3(1)9. The van der Waals surface area contributed by atoms with Crippen LogP contribution in [0.5, 0.6) is 0 Å². The molecule has 15 heavy (non-hydrogen) atoms. The molecule has 0 aliphatic rings. The lowest BCUT2D eigenvalue weighted by Crippen LogP contribution is -2.00. The van der Waals surface area contributed by atoms with E-state index in [2.05, 4.69) is 4.36 Å². The molecule has 0 radical (unpaired) electrons. The summed E-state index contributed by atoms with van der Waals surface area (Å²) in [4.78, 5) is 0. The van der Waals surface area contributed by atoms with Gasteiger partial charge in [-0.25, -0.2) is 22.0 Å². The van der Waals surface area contributed by atoms with E-state index in [1.54, 1.807) is 0 Å². The lowest BCUT2D eigenvalue weighted by atomic mass is 10.2. The Morgan fingerprint density at radius 1 is 0.733 bits per heavy atom. The molecule has 0 saturated carbocycles. The van der Waals surface area contributed by atoms with Crippen molar-refractivity contribution in [2.24, 2.45) is 4.36 Å². The Labute approximate surface area is 80.9 Å². The summed E-state index contributed by atoms with van der Waals surface area (Å²) in [5.74, 6) is -11.5. The van der Waals surface area contributed by atoms with Crippen LogP contribution >= 0.6 is 0 Å². The summed E-state index contributed by atoms with van der Waals surface area (Å²) >= 11 is 0. The summed E-state index contributed by atoms with van der Waals surface area (Å²) in [5.41, 5.74) is -1.74. The topological polar surface area (TPSA) is 46.5 Å². The second-order valence-electron chi connectivity index (χ2n) is 2.23. The minimum absolute atomic E-state index is 1.74. The van der Waals surface area contributed by atoms with Crippen molar-refractivity contribution in [1.82, 2.24) is 0 Å². The van der Waals surface area contributed by atoms with Gasteiger partial charge in [-0.1, -0.05) is 0 Å². The minimum atomic E-state index is -3.32. The predicted octanol–water partition coefficient (Wildman–Crippen LogP) is 2.08. The first-order chi connectivity index (χ1) is 6.86. The fourth-order valence-corrected chi connectivity index (χ4v) is 1.06. The molecule has 1 rings (SSSR count). The molecule has 82 valence electrons. The van der Waals surface area contributed by atoms with E-state index in [1.807, 2.05) is 0 Å². The van der Waals surface area contributed by atoms with Crippen molar-refractivity contribution in [1.29, 1.82) is 0 Å². The molecular weight excluding hydrogens is 245 g/mol. The van der Waals surface area contributed by atoms with E-state index >= 15 is 0 Å². The highest BCUT2D eigenvalue weighted by molar-refractivity contribution is 7.61. The molecule has 0 aromatic heterocycles. The Morgan fingerprint density at radius 3 is 1.40 bits per heavy atom. The second kappa shape index (κ2) is 3.93. The van der Waals surface area contributed by atoms with Crippen LogP contribution in [-0.4, -0.2) is 8.42 Å². The van der Waals surface area contributed by atoms with E-state index in [0.717, 1.165) is 0 Å². The molecule has 0 atom stereocenters. The summed E-state index contributed by atoms with van der Waals surface area (Å²) in [5, 5.41) is 0. The van der Waals surface area contributed by atoms with Gasteiger partial charge in [0.15, 0.2) is 29.0 Å². The minimum Gasteiger partial charge on any atom is -0.201 e. The van der Waals surface area contributed by atoms with E-state index < -0.39 is 45.3 Å². The van der Waals surface area contributed by atoms with Gasteiger partial charge in [-0.2, -0.15) is 8.42 Å². The monoisotopic (exact) mass is 245 g/mol. The molecule has 0 aliphatic carbocycles. The molecule has 0 amide bonds. The maximum atomic E-state index is 12.7. The first kappa shape index (κ1) is 11.6. The maximum absolute atomic E-state index is 12.7. The Bertz CT molecular complexity index is 516. The van der Waals surface area contributed by atoms with Crippen molar-refractivity contribution in [2.45, 2.75) is 0 Å². The fraction of sp³-hybridized carbons (Fsp3) is 0. The van der Waals surface area contributed by atoms with Crippen LogP contribution in [0.1, 0.15) is 0 Å².